The molecule has 172 valence electrons. The molecule has 0 aromatic carbocycles. The van der Waals surface area contributed by atoms with Crippen molar-refractivity contribution < 1.29 is 9.53 Å². The average molecular weight is 475 g/mol. The van der Waals surface area contributed by atoms with Crippen molar-refractivity contribution in [1.29, 1.82) is 5.26 Å². The molecular formula is C23H30N4O3S2. The van der Waals surface area contributed by atoms with Crippen molar-refractivity contribution in [2.75, 3.05) is 37.7 Å². The summed E-state index contributed by atoms with van der Waals surface area (Å²) in [6, 6.07) is 2.10. The Morgan fingerprint density at radius 3 is 2.56 bits per heavy atom. The standard InChI is InChI=1S/C23H30N4O3S2/c1-5-6-7-26-20(25-8-10-30-11-9-25)17(16(4)18(13-24)21(26)28)12-19-22(29)27(14-15(2)3)23(31)32-19/h12,15H,5-11,14H2,1-4H3/b19-12-. The van der Waals surface area contributed by atoms with Crippen LogP contribution in [-0.2, 0) is 16.1 Å². The summed E-state index contributed by atoms with van der Waals surface area (Å²) < 4.78 is 7.78. The molecule has 1 aromatic heterocycles. The molecule has 2 aliphatic heterocycles. The highest BCUT2D eigenvalue weighted by atomic mass is 32.2. The van der Waals surface area contributed by atoms with Crippen molar-refractivity contribution in [2.45, 2.75) is 47.1 Å². The second-order valence-electron chi connectivity index (χ2n) is 8.45. The van der Waals surface area contributed by atoms with Crippen LogP contribution in [-0.4, -0.2) is 52.5 Å². The summed E-state index contributed by atoms with van der Waals surface area (Å²) in [5.74, 6) is 0.937. The molecule has 0 unspecified atom stereocenters. The molecule has 2 fully saturated rings. The van der Waals surface area contributed by atoms with Crippen LogP contribution in [0.25, 0.3) is 6.08 Å². The van der Waals surface area contributed by atoms with E-state index < -0.39 is 0 Å². The summed E-state index contributed by atoms with van der Waals surface area (Å²) in [4.78, 5) is 30.6. The van der Waals surface area contributed by atoms with Crippen molar-refractivity contribution in [3.05, 3.63) is 31.9 Å². The van der Waals surface area contributed by atoms with Gasteiger partial charge in [-0.1, -0.05) is 51.2 Å². The Morgan fingerprint density at radius 1 is 1.28 bits per heavy atom. The van der Waals surface area contributed by atoms with Gasteiger partial charge in [-0.05, 0) is 30.9 Å². The molecule has 7 nitrogen and oxygen atoms in total. The number of ether oxygens (including phenoxy) is 1. The zero-order chi connectivity index (χ0) is 23.4. The summed E-state index contributed by atoms with van der Waals surface area (Å²) >= 11 is 6.74. The Bertz CT molecular complexity index is 1030. The Hall–Kier alpha value is -2.15. The van der Waals surface area contributed by atoms with E-state index in [2.05, 4.69) is 17.9 Å². The van der Waals surface area contributed by atoms with Crippen LogP contribution in [0, 0.1) is 24.2 Å². The van der Waals surface area contributed by atoms with E-state index in [0.29, 0.717) is 60.1 Å². The molecule has 32 heavy (non-hydrogen) atoms. The number of nitrogens with zero attached hydrogens (tertiary/aromatic N) is 4. The number of hydrogen-bond acceptors (Lipinski definition) is 7. The van der Waals surface area contributed by atoms with Gasteiger partial charge in [-0.25, -0.2) is 0 Å². The van der Waals surface area contributed by atoms with Crippen molar-refractivity contribution in [3.63, 3.8) is 0 Å². The van der Waals surface area contributed by atoms with E-state index in [0.717, 1.165) is 24.2 Å². The molecule has 3 heterocycles. The number of morpholine rings is 1. The maximum atomic E-state index is 13.2. The van der Waals surface area contributed by atoms with Crippen LogP contribution in [0.2, 0.25) is 0 Å². The maximum Gasteiger partial charge on any atom is 0.270 e. The number of rotatable bonds is 7. The van der Waals surface area contributed by atoms with E-state index in [1.807, 2.05) is 19.9 Å². The van der Waals surface area contributed by atoms with Gasteiger partial charge in [-0.3, -0.25) is 19.1 Å². The lowest BCUT2D eigenvalue weighted by atomic mass is 10.0. The fourth-order valence-corrected chi connectivity index (χ4v) is 5.19. The van der Waals surface area contributed by atoms with Gasteiger partial charge in [0.1, 0.15) is 21.8 Å². The van der Waals surface area contributed by atoms with Crippen LogP contribution < -0.4 is 10.5 Å². The molecule has 9 heteroatoms. The molecule has 0 aliphatic carbocycles. The van der Waals surface area contributed by atoms with Crippen LogP contribution >= 0.6 is 24.0 Å². The largest absolute Gasteiger partial charge is 0.378 e. The van der Waals surface area contributed by atoms with Crippen LogP contribution in [0.15, 0.2) is 9.70 Å². The number of hydrogen-bond donors (Lipinski definition) is 0. The first-order valence-electron chi connectivity index (χ1n) is 11.1. The molecule has 1 aromatic rings. The summed E-state index contributed by atoms with van der Waals surface area (Å²) in [6.07, 6.45) is 3.57. The fourth-order valence-electron chi connectivity index (χ4n) is 3.94. The minimum atomic E-state index is -0.274. The van der Waals surface area contributed by atoms with Gasteiger partial charge in [0.05, 0.1) is 18.1 Å². The van der Waals surface area contributed by atoms with Gasteiger partial charge in [-0.2, -0.15) is 5.26 Å². The molecule has 3 rings (SSSR count). The summed E-state index contributed by atoms with van der Waals surface area (Å²) in [5.41, 5.74) is 1.19. The van der Waals surface area contributed by atoms with Gasteiger partial charge in [0.2, 0.25) is 0 Å². The average Bonchev–Trinajstić information content (AvgIpc) is 3.02. The Morgan fingerprint density at radius 2 is 1.97 bits per heavy atom. The third-order valence-corrected chi connectivity index (χ3v) is 6.97. The topological polar surface area (TPSA) is 78.6 Å². The van der Waals surface area contributed by atoms with E-state index in [9.17, 15) is 14.9 Å². The Labute approximate surface area is 199 Å². The monoisotopic (exact) mass is 474 g/mol. The number of unbranched alkanes of at least 4 members (excludes halogenated alkanes) is 1. The summed E-state index contributed by atoms with van der Waals surface area (Å²) in [6.45, 7) is 11.5. The number of aromatic nitrogens is 1. The maximum absolute atomic E-state index is 13.2. The summed E-state index contributed by atoms with van der Waals surface area (Å²) in [7, 11) is 0. The van der Waals surface area contributed by atoms with Crippen molar-refractivity contribution in [3.8, 4) is 6.07 Å². The molecule has 0 spiro atoms. The highest BCUT2D eigenvalue weighted by Gasteiger charge is 2.33. The zero-order valence-electron chi connectivity index (χ0n) is 19.1. The highest BCUT2D eigenvalue weighted by molar-refractivity contribution is 8.26. The smallest absolute Gasteiger partial charge is 0.270 e. The molecule has 0 bridgehead atoms. The van der Waals surface area contributed by atoms with Gasteiger partial charge in [-0.15, -0.1) is 0 Å². The second-order valence-corrected chi connectivity index (χ2v) is 10.1. The van der Waals surface area contributed by atoms with Crippen LogP contribution in [0.1, 0.15) is 50.3 Å². The SMILES string of the molecule is CCCCn1c(N2CCOCC2)c(/C=C2\SC(=S)N(CC(C)C)C2=O)c(C)c(C#N)c1=O. The number of nitriles is 1. The van der Waals surface area contributed by atoms with Crippen LogP contribution in [0.5, 0.6) is 0 Å². The van der Waals surface area contributed by atoms with Gasteiger partial charge >= 0.3 is 0 Å². The fraction of sp³-hybridized carbons (Fsp3) is 0.565. The van der Waals surface area contributed by atoms with E-state index >= 15 is 0 Å². The molecule has 0 radical (unpaired) electrons. The van der Waals surface area contributed by atoms with Crippen LogP contribution in [0.4, 0.5) is 5.82 Å². The number of anilines is 1. The number of carbonyl (C=O) groups is 1. The van der Waals surface area contributed by atoms with Gasteiger partial charge in [0.25, 0.3) is 11.5 Å². The third kappa shape index (κ3) is 4.92. The highest BCUT2D eigenvalue weighted by Crippen LogP contribution is 2.36. The molecule has 0 N–H and O–H groups in total. The molecule has 0 atom stereocenters. The van der Waals surface area contributed by atoms with Gasteiger partial charge in [0, 0.05) is 31.7 Å². The lowest BCUT2D eigenvalue weighted by Crippen LogP contribution is -2.41. The first-order valence-corrected chi connectivity index (χ1v) is 12.3. The predicted octanol–water partition coefficient (Wildman–Crippen LogP) is 3.52. The number of carbonyl (C=O) groups excluding carboxylic acids is 1. The van der Waals surface area contributed by atoms with E-state index in [1.165, 1.54) is 11.8 Å². The quantitative estimate of drug-likeness (QED) is 0.442. The number of amides is 1. The van der Waals surface area contributed by atoms with E-state index in [4.69, 9.17) is 17.0 Å². The third-order valence-electron chi connectivity index (χ3n) is 5.59. The van der Waals surface area contributed by atoms with Crippen molar-refractivity contribution in [1.82, 2.24) is 9.47 Å². The summed E-state index contributed by atoms with van der Waals surface area (Å²) in [5, 5.41) is 9.75. The van der Waals surface area contributed by atoms with E-state index in [-0.39, 0.29) is 17.0 Å². The zero-order valence-corrected chi connectivity index (χ0v) is 20.8. The molecule has 2 aliphatic rings. The minimum absolute atomic E-state index is 0.120. The lowest BCUT2D eigenvalue weighted by Gasteiger charge is -2.33. The van der Waals surface area contributed by atoms with Crippen molar-refractivity contribution >= 4 is 46.1 Å². The lowest BCUT2D eigenvalue weighted by molar-refractivity contribution is -0.122. The van der Waals surface area contributed by atoms with Crippen LogP contribution in [0.3, 0.4) is 0 Å². The Balaban J connectivity index is 2.20. The van der Waals surface area contributed by atoms with E-state index in [1.54, 1.807) is 16.4 Å². The first kappa shape index (κ1) is 24.5. The molecule has 2 saturated heterocycles. The Kier molecular flexibility index (Phi) is 8.15. The molecular weight excluding hydrogens is 444 g/mol. The van der Waals surface area contributed by atoms with Gasteiger partial charge < -0.3 is 9.64 Å². The molecule has 0 saturated carbocycles. The van der Waals surface area contributed by atoms with Crippen molar-refractivity contribution in [2.24, 2.45) is 5.92 Å². The number of thiocarbonyl (C=S) groups is 1. The number of thioether (sulfide) groups is 1. The second kappa shape index (κ2) is 10.6. The normalized spacial score (nSPS) is 18.2. The minimum Gasteiger partial charge on any atom is -0.378 e. The van der Waals surface area contributed by atoms with Gasteiger partial charge in [0.15, 0.2) is 0 Å². The number of pyridine rings is 1. The molecule has 1 amide bonds. The predicted molar refractivity (Wildman–Crippen MR) is 133 cm³/mol. The first-order chi connectivity index (χ1) is 15.3.